The normalized spacial score (nSPS) is 11.3. The number of hydrogen-bond donors (Lipinski definition) is 0. The SMILES string of the molecule is COCCN(CCOC)Cc1cc(-c2ccco2)on1. The molecule has 2 heterocycles. The van der Waals surface area contributed by atoms with Crippen molar-refractivity contribution >= 4 is 0 Å². The minimum absolute atomic E-state index is 0.642. The van der Waals surface area contributed by atoms with Crippen molar-refractivity contribution in [2.75, 3.05) is 40.5 Å². The summed E-state index contributed by atoms with van der Waals surface area (Å²) >= 11 is 0. The molecule has 2 aromatic rings. The number of rotatable bonds is 9. The molecule has 0 atom stereocenters. The number of hydrogen-bond acceptors (Lipinski definition) is 6. The molecular weight excluding hydrogens is 260 g/mol. The summed E-state index contributed by atoms with van der Waals surface area (Å²) in [4.78, 5) is 2.21. The van der Waals surface area contributed by atoms with Crippen molar-refractivity contribution in [3.05, 3.63) is 30.2 Å². The monoisotopic (exact) mass is 280 g/mol. The lowest BCUT2D eigenvalue weighted by Crippen LogP contribution is -2.30. The summed E-state index contributed by atoms with van der Waals surface area (Å²) in [5.41, 5.74) is 0.864. The molecule has 0 aliphatic heterocycles. The summed E-state index contributed by atoms with van der Waals surface area (Å²) in [6, 6.07) is 5.56. The molecule has 2 rings (SSSR count). The average Bonchev–Trinajstić information content (AvgIpc) is 3.12. The van der Waals surface area contributed by atoms with E-state index in [0.717, 1.165) is 18.8 Å². The number of methoxy groups -OCH3 is 2. The molecule has 0 aromatic carbocycles. The van der Waals surface area contributed by atoms with Crippen molar-refractivity contribution in [2.45, 2.75) is 6.54 Å². The molecule has 0 aliphatic carbocycles. The maximum atomic E-state index is 5.29. The van der Waals surface area contributed by atoms with Crippen LogP contribution in [0.25, 0.3) is 11.5 Å². The first-order valence-electron chi connectivity index (χ1n) is 6.53. The highest BCUT2D eigenvalue weighted by molar-refractivity contribution is 5.49. The van der Waals surface area contributed by atoms with Gasteiger partial charge in [-0.1, -0.05) is 5.16 Å². The van der Waals surface area contributed by atoms with Gasteiger partial charge in [-0.2, -0.15) is 0 Å². The van der Waals surface area contributed by atoms with Crippen molar-refractivity contribution in [1.82, 2.24) is 10.1 Å². The predicted molar refractivity (Wildman–Crippen MR) is 73.2 cm³/mol. The Balaban J connectivity index is 1.95. The van der Waals surface area contributed by atoms with Crippen LogP contribution in [-0.4, -0.2) is 50.6 Å². The van der Waals surface area contributed by atoms with Crippen molar-refractivity contribution in [2.24, 2.45) is 0 Å². The summed E-state index contributed by atoms with van der Waals surface area (Å²) < 4.78 is 20.8. The molecule has 0 aliphatic rings. The first-order chi connectivity index (χ1) is 9.83. The van der Waals surface area contributed by atoms with Gasteiger partial charge in [0.1, 0.15) is 0 Å². The largest absolute Gasteiger partial charge is 0.461 e. The van der Waals surface area contributed by atoms with E-state index in [-0.39, 0.29) is 0 Å². The lowest BCUT2D eigenvalue weighted by molar-refractivity contribution is 0.109. The number of aromatic nitrogens is 1. The van der Waals surface area contributed by atoms with Gasteiger partial charge in [0.05, 0.1) is 25.2 Å². The summed E-state index contributed by atoms with van der Waals surface area (Å²) in [7, 11) is 3.39. The van der Waals surface area contributed by atoms with Crippen LogP contribution in [0.3, 0.4) is 0 Å². The van der Waals surface area contributed by atoms with Crippen LogP contribution in [-0.2, 0) is 16.0 Å². The van der Waals surface area contributed by atoms with Crippen LogP contribution in [0.2, 0.25) is 0 Å². The van der Waals surface area contributed by atoms with Gasteiger partial charge in [-0.15, -0.1) is 0 Å². The lowest BCUT2D eigenvalue weighted by Gasteiger charge is -2.19. The number of furan rings is 1. The summed E-state index contributed by atoms with van der Waals surface area (Å²) in [5, 5.41) is 4.07. The Bertz CT molecular complexity index is 473. The second-order valence-corrected chi connectivity index (χ2v) is 4.42. The lowest BCUT2D eigenvalue weighted by atomic mass is 10.3. The minimum Gasteiger partial charge on any atom is -0.461 e. The van der Waals surface area contributed by atoms with Crippen LogP contribution < -0.4 is 0 Å². The molecule has 0 spiro atoms. The molecule has 0 unspecified atom stereocenters. The average molecular weight is 280 g/mol. The van der Waals surface area contributed by atoms with Crippen LogP contribution in [0.4, 0.5) is 0 Å². The molecule has 0 saturated heterocycles. The summed E-state index contributed by atoms with van der Waals surface area (Å²) in [5.74, 6) is 1.33. The maximum absolute atomic E-state index is 5.29. The van der Waals surface area contributed by atoms with E-state index in [2.05, 4.69) is 10.1 Å². The van der Waals surface area contributed by atoms with Crippen molar-refractivity contribution in [3.63, 3.8) is 0 Å². The van der Waals surface area contributed by atoms with Gasteiger partial charge in [0.15, 0.2) is 5.76 Å². The van der Waals surface area contributed by atoms with E-state index in [1.807, 2.05) is 18.2 Å². The second kappa shape index (κ2) is 7.84. The molecule has 0 saturated carbocycles. The highest BCUT2D eigenvalue weighted by Crippen LogP contribution is 2.21. The second-order valence-electron chi connectivity index (χ2n) is 4.42. The van der Waals surface area contributed by atoms with Gasteiger partial charge in [0.2, 0.25) is 5.76 Å². The Hall–Kier alpha value is -1.63. The molecule has 0 fully saturated rings. The highest BCUT2D eigenvalue weighted by Gasteiger charge is 2.12. The molecule has 6 nitrogen and oxygen atoms in total. The Labute approximate surface area is 118 Å². The molecule has 2 aromatic heterocycles. The summed E-state index contributed by atoms with van der Waals surface area (Å²) in [6.07, 6.45) is 1.61. The summed E-state index contributed by atoms with van der Waals surface area (Å²) in [6.45, 7) is 3.68. The molecule has 0 radical (unpaired) electrons. The molecule has 0 N–H and O–H groups in total. The molecule has 6 heteroatoms. The van der Waals surface area contributed by atoms with Crippen molar-refractivity contribution < 1.29 is 18.4 Å². The van der Waals surface area contributed by atoms with Crippen molar-refractivity contribution in [3.8, 4) is 11.5 Å². The molecular formula is C14H20N2O4. The third-order valence-corrected chi connectivity index (χ3v) is 2.93. The molecule has 0 amide bonds. The fraction of sp³-hybridized carbons (Fsp3) is 0.500. The zero-order chi connectivity index (χ0) is 14.2. The third kappa shape index (κ3) is 4.19. The smallest absolute Gasteiger partial charge is 0.202 e. The van der Waals surface area contributed by atoms with E-state index in [1.54, 1.807) is 20.5 Å². The topological polar surface area (TPSA) is 60.9 Å². The van der Waals surface area contributed by atoms with Crippen LogP contribution >= 0.6 is 0 Å². The van der Waals surface area contributed by atoms with Gasteiger partial charge in [-0.25, -0.2) is 0 Å². The van der Waals surface area contributed by atoms with E-state index < -0.39 is 0 Å². The van der Waals surface area contributed by atoms with E-state index in [9.17, 15) is 0 Å². The van der Waals surface area contributed by atoms with E-state index in [4.69, 9.17) is 18.4 Å². The van der Waals surface area contributed by atoms with Gasteiger partial charge < -0.3 is 18.4 Å². The van der Waals surface area contributed by atoms with Crippen LogP contribution in [0.15, 0.2) is 33.4 Å². The zero-order valence-corrected chi connectivity index (χ0v) is 11.9. The van der Waals surface area contributed by atoms with Gasteiger partial charge in [0.25, 0.3) is 0 Å². The number of nitrogens with zero attached hydrogens (tertiary/aromatic N) is 2. The fourth-order valence-electron chi connectivity index (χ4n) is 1.86. The quantitative estimate of drug-likeness (QED) is 0.700. The molecule has 20 heavy (non-hydrogen) atoms. The minimum atomic E-state index is 0.642. The van der Waals surface area contributed by atoms with Crippen LogP contribution in [0, 0.1) is 0 Å². The van der Waals surface area contributed by atoms with Crippen LogP contribution in [0.1, 0.15) is 5.69 Å². The predicted octanol–water partition coefficient (Wildman–Crippen LogP) is 2.03. The van der Waals surface area contributed by atoms with E-state index >= 15 is 0 Å². The first-order valence-corrected chi connectivity index (χ1v) is 6.53. The Morgan fingerprint density at radius 3 is 2.50 bits per heavy atom. The first kappa shape index (κ1) is 14.8. The highest BCUT2D eigenvalue weighted by atomic mass is 16.5. The molecule has 0 bridgehead atoms. The van der Waals surface area contributed by atoms with Gasteiger partial charge in [0, 0.05) is 39.9 Å². The fourth-order valence-corrected chi connectivity index (χ4v) is 1.86. The van der Waals surface area contributed by atoms with Gasteiger partial charge in [-0.3, -0.25) is 4.90 Å². The zero-order valence-electron chi connectivity index (χ0n) is 11.9. The molecule has 110 valence electrons. The number of ether oxygens (including phenoxy) is 2. The van der Waals surface area contributed by atoms with E-state index in [1.165, 1.54) is 0 Å². The Morgan fingerprint density at radius 1 is 1.15 bits per heavy atom. The van der Waals surface area contributed by atoms with Crippen molar-refractivity contribution in [1.29, 1.82) is 0 Å². The van der Waals surface area contributed by atoms with Gasteiger partial charge in [-0.05, 0) is 12.1 Å². The Kier molecular flexibility index (Phi) is 5.79. The van der Waals surface area contributed by atoms with E-state index in [0.29, 0.717) is 31.3 Å². The Morgan fingerprint density at radius 2 is 1.90 bits per heavy atom. The third-order valence-electron chi connectivity index (χ3n) is 2.93. The van der Waals surface area contributed by atoms with Crippen LogP contribution in [0.5, 0.6) is 0 Å². The standard InChI is InChI=1S/C14H20N2O4/c1-17-8-5-16(6-9-18-2)11-12-10-14(20-15-12)13-4-3-7-19-13/h3-4,7,10H,5-6,8-9,11H2,1-2H3. The maximum Gasteiger partial charge on any atom is 0.202 e. The van der Waals surface area contributed by atoms with Gasteiger partial charge >= 0.3 is 0 Å².